The summed E-state index contributed by atoms with van der Waals surface area (Å²) in [6.07, 6.45) is 2.42. The molecular formula is C17H16FNO4. The molecule has 3 rings (SSSR count). The second kappa shape index (κ2) is 5.87. The molecule has 5 nitrogen and oxygen atoms in total. The van der Waals surface area contributed by atoms with Crippen LogP contribution < -0.4 is 5.32 Å². The molecule has 1 amide bonds. The van der Waals surface area contributed by atoms with Crippen molar-refractivity contribution in [1.29, 1.82) is 0 Å². The molecule has 0 saturated heterocycles. The van der Waals surface area contributed by atoms with Crippen LogP contribution >= 0.6 is 0 Å². The fraction of sp³-hybridized carbons (Fsp3) is 0.294. The van der Waals surface area contributed by atoms with Crippen LogP contribution in [-0.2, 0) is 17.6 Å². The van der Waals surface area contributed by atoms with Crippen molar-refractivity contribution in [3.63, 3.8) is 0 Å². The van der Waals surface area contributed by atoms with Gasteiger partial charge in [-0.25, -0.2) is 4.39 Å². The molecule has 1 aromatic carbocycles. The number of fused-ring (bicyclic) bond motifs is 1. The summed E-state index contributed by atoms with van der Waals surface area (Å²) in [7, 11) is 0. The van der Waals surface area contributed by atoms with E-state index in [1.807, 2.05) is 0 Å². The van der Waals surface area contributed by atoms with Crippen LogP contribution in [0.3, 0.4) is 0 Å². The molecule has 1 atom stereocenters. The number of aryl methyl sites for hydroxylation is 2. The predicted molar refractivity (Wildman–Crippen MR) is 79.7 cm³/mol. The number of carbonyl (C=O) groups excluding carboxylic acids is 1. The number of hydrogen-bond acceptors (Lipinski definition) is 3. The van der Waals surface area contributed by atoms with Crippen molar-refractivity contribution >= 4 is 11.9 Å². The lowest BCUT2D eigenvalue weighted by Crippen LogP contribution is -2.28. The molecule has 0 radical (unpaired) electrons. The minimum Gasteiger partial charge on any atom is -0.481 e. The highest BCUT2D eigenvalue weighted by Gasteiger charge is 2.27. The maximum Gasteiger partial charge on any atom is 0.311 e. The molecule has 1 heterocycles. The lowest BCUT2D eigenvalue weighted by Gasteiger charge is -2.14. The third-order valence-electron chi connectivity index (χ3n) is 4.08. The van der Waals surface area contributed by atoms with E-state index in [0.29, 0.717) is 18.4 Å². The monoisotopic (exact) mass is 317 g/mol. The van der Waals surface area contributed by atoms with Gasteiger partial charge >= 0.3 is 5.97 Å². The normalized spacial score (nSPS) is 16.2. The average Bonchev–Trinajstić information content (AvgIpc) is 3.02. The highest BCUT2D eigenvalue weighted by atomic mass is 19.1. The summed E-state index contributed by atoms with van der Waals surface area (Å²) in [5.74, 6) is -1.57. The summed E-state index contributed by atoms with van der Waals surface area (Å²) >= 11 is 0. The maximum absolute atomic E-state index is 13.2. The van der Waals surface area contributed by atoms with Gasteiger partial charge in [-0.1, -0.05) is 6.07 Å². The minimum atomic E-state index is -1.06. The van der Waals surface area contributed by atoms with E-state index in [2.05, 4.69) is 5.32 Å². The standard InChI is InChI=1S/C17H16FNO4/c1-9-8-23-14(7-15(20)21)16(9)17(22)19-13-5-2-10-6-11(18)3-4-12(10)13/h3-4,6,8,13H,2,5,7H2,1H3,(H,19,22)(H,20,21)/t13-/m0/s1. The Balaban J connectivity index is 1.82. The van der Waals surface area contributed by atoms with Gasteiger partial charge in [0, 0.05) is 5.56 Å². The first-order chi connectivity index (χ1) is 11.0. The fourth-order valence-electron chi connectivity index (χ4n) is 3.04. The van der Waals surface area contributed by atoms with Crippen LogP contribution in [0.2, 0.25) is 0 Å². The molecule has 0 spiro atoms. The van der Waals surface area contributed by atoms with Crippen LogP contribution in [-0.4, -0.2) is 17.0 Å². The van der Waals surface area contributed by atoms with E-state index in [-0.39, 0.29) is 35.5 Å². The molecule has 6 heteroatoms. The van der Waals surface area contributed by atoms with Crippen molar-refractivity contribution in [3.8, 4) is 0 Å². The molecule has 23 heavy (non-hydrogen) atoms. The molecule has 0 fully saturated rings. The zero-order chi connectivity index (χ0) is 16.6. The smallest absolute Gasteiger partial charge is 0.311 e. The van der Waals surface area contributed by atoms with Crippen molar-refractivity contribution in [2.24, 2.45) is 0 Å². The minimum absolute atomic E-state index is 0.143. The number of rotatable bonds is 4. The number of carboxylic acids is 1. The lowest BCUT2D eigenvalue weighted by molar-refractivity contribution is -0.136. The number of hydrogen-bond donors (Lipinski definition) is 2. The number of aliphatic carboxylic acids is 1. The number of halogens is 1. The van der Waals surface area contributed by atoms with Crippen LogP contribution in [0.25, 0.3) is 0 Å². The number of carboxylic acid groups (broad SMARTS) is 1. The van der Waals surface area contributed by atoms with Crippen LogP contribution in [0, 0.1) is 12.7 Å². The quantitative estimate of drug-likeness (QED) is 0.909. The van der Waals surface area contributed by atoms with Crippen molar-refractivity contribution < 1.29 is 23.5 Å². The first-order valence-corrected chi connectivity index (χ1v) is 7.33. The summed E-state index contributed by atoms with van der Waals surface area (Å²) in [5, 5.41) is 11.8. The fourth-order valence-corrected chi connectivity index (χ4v) is 3.04. The molecule has 1 aromatic heterocycles. The van der Waals surface area contributed by atoms with Gasteiger partial charge in [0.1, 0.15) is 18.0 Å². The Morgan fingerprint density at radius 1 is 1.43 bits per heavy atom. The first-order valence-electron chi connectivity index (χ1n) is 7.33. The summed E-state index contributed by atoms with van der Waals surface area (Å²) in [6, 6.07) is 4.34. The maximum atomic E-state index is 13.2. The van der Waals surface area contributed by atoms with E-state index in [0.717, 1.165) is 11.1 Å². The topological polar surface area (TPSA) is 79.5 Å². The summed E-state index contributed by atoms with van der Waals surface area (Å²) in [5.41, 5.74) is 2.66. The van der Waals surface area contributed by atoms with Crippen molar-refractivity contribution in [2.75, 3.05) is 0 Å². The van der Waals surface area contributed by atoms with Gasteiger partial charge in [-0.3, -0.25) is 9.59 Å². The zero-order valence-corrected chi connectivity index (χ0v) is 12.6. The van der Waals surface area contributed by atoms with Gasteiger partial charge in [-0.05, 0) is 43.0 Å². The van der Waals surface area contributed by atoms with Gasteiger partial charge in [0.15, 0.2) is 0 Å². The third-order valence-corrected chi connectivity index (χ3v) is 4.08. The molecule has 1 aliphatic rings. The zero-order valence-electron chi connectivity index (χ0n) is 12.6. The largest absolute Gasteiger partial charge is 0.481 e. The van der Waals surface area contributed by atoms with Gasteiger partial charge in [-0.15, -0.1) is 0 Å². The van der Waals surface area contributed by atoms with Gasteiger partial charge in [-0.2, -0.15) is 0 Å². The number of amides is 1. The van der Waals surface area contributed by atoms with Crippen LogP contribution in [0.4, 0.5) is 4.39 Å². The van der Waals surface area contributed by atoms with Crippen molar-refractivity contribution in [2.45, 2.75) is 32.2 Å². The highest BCUT2D eigenvalue weighted by molar-refractivity contribution is 5.97. The van der Waals surface area contributed by atoms with Gasteiger partial charge < -0.3 is 14.8 Å². The molecule has 0 aliphatic heterocycles. The number of nitrogens with one attached hydrogen (secondary N) is 1. The van der Waals surface area contributed by atoms with E-state index in [9.17, 15) is 14.0 Å². The Morgan fingerprint density at radius 3 is 2.96 bits per heavy atom. The van der Waals surface area contributed by atoms with Crippen molar-refractivity contribution in [1.82, 2.24) is 5.32 Å². The Hall–Kier alpha value is -2.63. The third kappa shape index (κ3) is 2.97. The predicted octanol–water partition coefficient (Wildman–Crippen LogP) is 2.77. The summed E-state index contributed by atoms with van der Waals surface area (Å²) in [4.78, 5) is 23.4. The number of benzene rings is 1. The second-order valence-corrected chi connectivity index (χ2v) is 5.70. The number of carbonyl (C=O) groups is 2. The SMILES string of the molecule is Cc1coc(CC(=O)O)c1C(=O)N[C@H]1CCc2cc(F)ccc21. The average molecular weight is 317 g/mol. The highest BCUT2D eigenvalue weighted by Crippen LogP contribution is 2.32. The summed E-state index contributed by atoms with van der Waals surface area (Å²) in [6.45, 7) is 1.70. The molecule has 2 aromatic rings. The van der Waals surface area contributed by atoms with E-state index in [1.165, 1.54) is 18.4 Å². The Morgan fingerprint density at radius 2 is 2.22 bits per heavy atom. The number of furan rings is 1. The first kappa shape index (κ1) is 15.3. The molecule has 0 unspecified atom stereocenters. The Bertz CT molecular complexity index is 781. The summed E-state index contributed by atoms with van der Waals surface area (Å²) < 4.78 is 18.4. The van der Waals surface area contributed by atoms with Gasteiger partial charge in [0.2, 0.25) is 0 Å². The molecule has 0 bridgehead atoms. The Labute approximate surface area is 132 Å². The molecule has 0 saturated carbocycles. The molecule has 120 valence electrons. The molecular weight excluding hydrogens is 301 g/mol. The second-order valence-electron chi connectivity index (χ2n) is 5.70. The van der Waals surface area contributed by atoms with Gasteiger partial charge in [0.25, 0.3) is 5.91 Å². The van der Waals surface area contributed by atoms with Gasteiger partial charge in [0.05, 0.1) is 17.9 Å². The molecule has 1 aliphatic carbocycles. The molecule has 2 N–H and O–H groups in total. The van der Waals surface area contributed by atoms with Crippen LogP contribution in [0.5, 0.6) is 0 Å². The van der Waals surface area contributed by atoms with E-state index in [4.69, 9.17) is 9.52 Å². The van der Waals surface area contributed by atoms with E-state index >= 15 is 0 Å². The lowest BCUT2D eigenvalue weighted by atomic mass is 10.1. The van der Waals surface area contributed by atoms with Crippen LogP contribution in [0.15, 0.2) is 28.9 Å². The van der Waals surface area contributed by atoms with Crippen LogP contribution in [0.1, 0.15) is 45.3 Å². The van der Waals surface area contributed by atoms with Crippen molar-refractivity contribution in [3.05, 3.63) is 58.3 Å². The van der Waals surface area contributed by atoms with E-state index < -0.39 is 5.97 Å². The van der Waals surface area contributed by atoms with E-state index in [1.54, 1.807) is 13.0 Å². The Kier molecular flexibility index (Phi) is 3.90.